The first-order chi connectivity index (χ1) is 14.0. The molecular formula is C21H22FN5O2. The standard InChI is InChI=1S/C21H22FN5O2/c1-12-11-23-21(28)19-13(2)25-27-9-7-18(24-20(19)27)26-8-3-4-16(26)15-10-14(22)5-6-17(15)29-12/h5-7,9-10,12,16H,3-4,8,11H2,1-2H3,(H,23,28)/t12-,16+/m0/s1. The lowest BCUT2D eigenvalue weighted by molar-refractivity contribution is 0.0932. The molecule has 2 atom stereocenters. The van der Waals surface area contributed by atoms with Crippen molar-refractivity contribution in [2.75, 3.05) is 18.0 Å². The highest BCUT2D eigenvalue weighted by atomic mass is 19.1. The Hall–Kier alpha value is -3.16. The Balaban J connectivity index is 1.70. The first-order valence-electron chi connectivity index (χ1n) is 9.88. The SMILES string of the molecule is Cc1nn2ccc3nc2c1C(=O)NC[C@H](C)Oc1ccc(F)cc1[C@H]1CCCN31. The minimum atomic E-state index is -0.290. The molecule has 150 valence electrons. The average molecular weight is 395 g/mol. The Kier molecular flexibility index (Phi) is 4.15. The Morgan fingerprint density at radius 2 is 2.17 bits per heavy atom. The Bertz CT molecular complexity index is 1110. The number of hydrogen-bond donors (Lipinski definition) is 1. The van der Waals surface area contributed by atoms with Crippen LogP contribution >= 0.6 is 0 Å². The van der Waals surface area contributed by atoms with Gasteiger partial charge in [-0.2, -0.15) is 5.10 Å². The van der Waals surface area contributed by atoms with Gasteiger partial charge in [0.2, 0.25) is 0 Å². The van der Waals surface area contributed by atoms with Crippen LogP contribution in [0.3, 0.4) is 0 Å². The second kappa shape index (κ2) is 6.72. The van der Waals surface area contributed by atoms with Gasteiger partial charge in [-0.25, -0.2) is 13.9 Å². The van der Waals surface area contributed by atoms with Crippen LogP contribution in [-0.4, -0.2) is 39.7 Å². The van der Waals surface area contributed by atoms with Crippen LogP contribution in [0.25, 0.3) is 5.65 Å². The molecule has 8 heteroatoms. The monoisotopic (exact) mass is 395 g/mol. The van der Waals surface area contributed by atoms with Crippen LogP contribution < -0.4 is 15.0 Å². The number of nitrogens with one attached hydrogen (secondary N) is 1. The lowest BCUT2D eigenvalue weighted by Crippen LogP contribution is -2.34. The summed E-state index contributed by atoms with van der Waals surface area (Å²) in [7, 11) is 0. The molecule has 2 aliphatic heterocycles. The summed E-state index contributed by atoms with van der Waals surface area (Å²) in [5.74, 6) is 0.872. The van der Waals surface area contributed by atoms with Gasteiger partial charge in [-0.15, -0.1) is 0 Å². The number of amides is 1. The number of carbonyl (C=O) groups is 1. The van der Waals surface area contributed by atoms with Crippen molar-refractivity contribution < 1.29 is 13.9 Å². The predicted octanol–water partition coefficient (Wildman–Crippen LogP) is 3.03. The average Bonchev–Trinajstić information content (AvgIpc) is 3.30. The van der Waals surface area contributed by atoms with Crippen LogP contribution in [-0.2, 0) is 0 Å². The van der Waals surface area contributed by atoms with E-state index in [1.807, 2.05) is 19.2 Å². The van der Waals surface area contributed by atoms with E-state index in [9.17, 15) is 9.18 Å². The number of carbonyl (C=O) groups excluding carboxylic acids is 1. The van der Waals surface area contributed by atoms with Crippen LogP contribution in [0.4, 0.5) is 10.2 Å². The summed E-state index contributed by atoms with van der Waals surface area (Å²) in [6.07, 6.45) is 3.39. The van der Waals surface area contributed by atoms with E-state index in [0.717, 1.165) is 30.8 Å². The Labute approximate surface area is 167 Å². The summed E-state index contributed by atoms with van der Waals surface area (Å²) >= 11 is 0. The van der Waals surface area contributed by atoms with Gasteiger partial charge >= 0.3 is 0 Å². The predicted molar refractivity (Wildman–Crippen MR) is 106 cm³/mol. The van der Waals surface area contributed by atoms with Crippen LogP contribution in [0.1, 0.15) is 47.4 Å². The van der Waals surface area contributed by atoms with Crippen molar-refractivity contribution in [1.82, 2.24) is 19.9 Å². The second-order valence-electron chi connectivity index (χ2n) is 7.69. The highest BCUT2D eigenvalue weighted by Crippen LogP contribution is 2.40. The van der Waals surface area contributed by atoms with E-state index in [0.29, 0.717) is 29.2 Å². The minimum absolute atomic E-state index is 0.0419. The molecule has 0 spiro atoms. The molecule has 5 rings (SSSR count). The lowest BCUT2D eigenvalue weighted by atomic mass is 10.0. The van der Waals surface area contributed by atoms with Gasteiger partial charge in [-0.05, 0) is 51.0 Å². The van der Waals surface area contributed by atoms with Crippen molar-refractivity contribution in [2.24, 2.45) is 0 Å². The van der Waals surface area contributed by atoms with Crippen LogP contribution in [0, 0.1) is 12.7 Å². The third-order valence-corrected chi connectivity index (χ3v) is 5.63. The zero-order valence-corrected chi connectivity index (χ0v) is 16.4. The van der Waals surface area contributed by atoms with Crippen molar-refractivity contribution in [3.63, 3.8) is 0 Å². The molecule has 1 saturated heterocycles. The smallest absolute Gasteiger partial charge is 0.257 e. The molecular weight excluding hydrogens is 373 g/mol. The second-order valence-corrected chi connectivity index (χ2v) is 7.69. The molecule has 1 amide bonds. The number of fused-ring (bicyclic) bond motifs is 5. The maximum Gasteiger partial charge on any atom is 0.257 e. The maximum absolute atomic E-state index is 14.1. The number of ether oxygens (including phenoxy) is 1. The van der Waals surface area contributed by atoms with Gasteiger partial charge in [-0.1, -0.05) is 0 Å². The molecule has 0 unspecified atom stereocenters. The third-order valence-electron chi connectivity index (χ3n) is 5.63. The van der Waals surface area contributed by atoms with E-state index in [-0.39, 0.29) is 23.9 Å². The summed E-state index contributed by atoms with van der Waals surface area (Å²) in [5, 5.41) is 7.34. The molecule has 0 radical (unpaired) electrons. The van der Waals surface area contributed by atoms with E-state index in [1.165, 1.54) is 6.07 Å². The molecule has 4 heterocycles. The number of nitrogens with zero attached hydrogens (tertiary/aromatic N) is 4. The molecule has 1 aromatic carbocycles. The first kappa shape index (κ1) is 17.9. The van der Waals surface area contributed by atoms with Gasteiger partial charge in [0, 0.05) is 18.3 Å². The maximum atomic E-state index is 14.1. The summed E-state index contributed by atoms with van der Waals surface area (Å²) in [6.45, 7) is 4.81. The van der Waals surface area contributed by atoms with E-state index in [4.69, 9.17) is 9.72 Å². The highest BCUT2D eigenvalue weighted by Gasteiger charge is 2.31. The lowest BCUT2D eigenvalue weighted by Gasteiger charge is -2.28. The molecule has 2 aromatic heterocycles. The number of aromatic nitrogens is 3. The van der Waals surface area contributed by atoms with Crippen molar-refractivity contribution in [3.8, 4) is 5.75 Å². The molecule has 2 bridgehead atoms. The number of halogens is 1. The van der Waals surface area contributed by atoms with Crippen LogP contribution in [0.5, 0.6) is 5.75 Å². The van der Waals surface area contributed by atoms with E-state index in [2.05, 4.69) is 15.3 Å². The van der Waals surface area contributed by atoms with Gasteiger partial charge in [0.15, 0.2) is 5.65 Å². The van der Waals surface area contributed by atoms with Crippen molar-refractivity contribution >= 4 is 17.4 Å². The van der Waals surface area contributed by atoms with Crippen molar-refractivity contribution in [3.05, 3.63) is 53.1 Å². The van der Waals surface area contributed by atoms with Crippen molar-refractivity contribution in [2.45, 2.75) is 38.8 Å². The van der Waals surface area contributed by atoms with E-state index < -0.39 is 0 Å². The van der Waals surface area contributed by atoms with Gasteiger partial charge in [0.05, 0.1) is 18.3 Å². The van der Waals surface area contributed by atoms with Crippen LogP contribution in [0.2, 0.25) is 0 Å². The normalized spacial score (nSPS) is 21.6. The highest BCUT2D eigenvalue weighted by molar-refractivity contribution is 6.01. The molecule has 2 aliphatic rings. The molecule has 1 N–H and O–H groups in total. The van der Waals surface area contributed by atoms with Gasteiger partial charge in [-0.3, -0.25) is 4.79 Å². The molecule has 3 aromatic rings. The molecule has 29 heavy (non-hydrogen) atoms. The number of anilines is 1. The van der Waals surface area contributed by atoms with Gasteiger partial charge in [0.1, 0.15) is 29.1 Å². The summed E-state index contributed by atoms with van der Waals surface area (Å²) in [5.41, 5.74) is 2.43. The Morgan fingerprint density at radius 3 is 3.03 bits per heavy atom. The molecule has 0 saturated carbocycles. The summed E-state index contributed by atoms with van der Waals surface area (Å²) < 4.78 is 21.9. The van der Waals surface area contributed by atoms with E-state index >= 15 is 0 Å². The molecule has 1 fully saturated rings. The topological polar surface area (TPSA) is 71.8 Å². The fourth-order valence-corrected chi connectivity index (χ4v) is 4.29. The van der Waals surface area contributed by atoms with E-state index in [1.54, 1.807) is 23.6 Å². The largest absolute Gasteiger partial charge is 0.489 e. The van der Waals surface area contributed by atoms with Gasteiger partial charge < -0.3 is 15.0 Å². The molecule has 0 aliphatic carbocycles. The van der Waals surface area contributed by atoms with Gasteiger partial charge in [0.25, 0.3) is 5.91 Å². The summed E-state index contributed by atoms with van der Waals surface area (Å²) in [4.78, 5) is 19.8. The first-order valence-corrected chi connectivity index (χ1v) is 9.88. The number of hydrogen-bond acceptors (Lipinski definition) is 5. The number of benzene rings is 1. The molecule has 7 nitrogen and oxygen atoms in total. The Morgan fingerprint density at radius 1 is 1.31 bits per heavy atom. The van der Waals surface area contributed by atoms with Crippen LogP contribution in [0.15, 0.2) is 30.5 Å². The summed E-state index contributed by atoms with van der Waals surface area (Å²) in [6, 6.07) is 6.49. The zero-order chi connectivity index (χ0) is 20.1. The zero-order valence-electron chi connectivity index (χ0n) is 16.4. The number of aryl methyl sites for hydroxylation is 1. The number of rotatable bonds is 0. The fourth-order valence-electron chi connectivity index (χ4n) is 4.29. The minimum Gasteiger partial charge on any atom is -0.489 e. The third kappa shape index (κ3) is 2.99. The van der Waals surface area contributed by atoms with Crippen molar-refractivity contribution in [1.29, 1.82) is 0 Å². The quantitative estimate of drug-likeness (QED) is 0.634. The fraction of sp³-hybridized carbons (Fsp3) is 0.381.